The number of alkyl halides is 3. The monoisotopic (exact) mass is 532 g/mol. The van der Waals surface area contributed by atoms with Gasteiger partial charge >= 0.3 is 6.18 Å². The number of carbonyl (C=O) groups excluding carboxylic acids is 2. The number of nitrogens with zero attached hydrogens (tertiary/aromatic N) is 5. The molecule has 1 atom stereocenters. The number of nitrogens with one attached hydrogen (secondary N) is 1. The topological polar surface area (TPSA) is 87.1 Å². The number of aromatic nitrogens is 4. The van der Waals surface area contributed by atoms with Crippen molar-refractivity contribution in [1.82, 2.24) is 29.8 Å². The smallest absolute Gasteiger partial charge is 0.337 e. The molecule has 0 radical (unpaired) electrons. The lowest BCUT2D eigenvalue weighted by molar-refractivity contribution is -0.183. The highest BCUT2D eigenvalue weighted by atomic mass is 19.4. The minimum atomic E-state index is -4.56. The summed E-state index contributed by atoms with van der Waals surface area (Å²) in [5.41, 5.74) is 1.45. The Morgan fingerprint density at radius 1 is 1.11 bits per heavy atom. The summed E-state index contributed by atoms with van der Waals surface area (Å²) in [7, 11) is 0. The molecule has 13 heteroatoms. The molecule has 6 rings (SSSR count). The summed E-state index contributed by atoms with van der Waals surface area (Å²) in [5.74, 6) is -3.25. The quantitative estimate of drug-likeness (QED) is 0.403. The number of halogens is 5. The van der Waals surface area contributed by atoms with E-state index >= 15 is 0 Å². The molecule has 0 aliphatic carbocycles. The number of carbonyl (C=O) groups is 2. The maximum absolute atomic E-state index is 14.9. The Morgan fingerprint density at radius 2 is 1.89 bits per heavy atom. The molecule has 1 N–H and O–H groups in total. The van der Waals surface area contributed by atoms with E-state index in [-0.39, 0.29) is 55.0 Å². The molecule has 0 unspecified atom stereocenters. The van der Waals surface area contributed by atoms with Crippen molar-refractivity contribution in [1.29, 1.82) is 0 Å². The number of likely N-dealkylation sites (tertiary alicyclic amines) is 2. The molecule has 2 saturated heterocycles. The fraction of sp³-hybridized carbons (Fsp3) is 0.360. The van der Waals surface area contributed by atoms with Gasteiger partial charge in [0.2, 0.25) is 5.91 Å². The van der Waals surface area contributed by atoms with Gasteiger partial charge in [0.25, 0.3) is 5.91 Å². The lowest BCUT2D eigenvalue weighted by Gasteiger charge is -2.38. The second-order valence-corrected chi connectivity index (χ2v) is 9.69. The molecule has 0 saturated carbocycles. The molecule has 2 aliphatic rings. The first-order valence-corrected chi connectivity index (χ1v) is 12.0. The number of benzene rings is 2. The van der Waals surface area contributed by atoms with Gasteiger partial charge in [-0.1, -0.05) is 0 Å². The Bertz CT molecular complexity index is 1570. The first-order valence-electron chi connectivity index (χ1n) is 12.0. The van der Waals surface area contributed by atoms with Crippen LogP contribution in [-0.4, -0.2) is 73.4 Å². The van der Waals surface area contributed by atoms with Crippen molar-refractivity contribution in [3.8, 4) is 0 Å². The highest BCUT2D eigenvalue weighted by Gasteiger charge is 2.47. The van der Waals surface area contributed by atoms with Gasteiger partial charge in [0.05, 0.1) is 28.3 Å². The molecule has 8 nitrogen and oxygen atoms in total. The fourth-order valence-corrected chi connectivity index (χ4v) is 5.36. The largest absolute Gasteiger partial charge is 0.408 e. The minimum absolute atomic E-state index is 0.00934. The number of amides is 2. The van der Waals surface area contributed by atoms with E-state index in [0.29, 0.717) is 11.6 Å². The van der Waals surface area contributed by atoms with Gasteiger partial charge in [-0.05, 0) is 31.0 Å². The lowest BCUT2D eigenvalue weighted by atomic mass is 9.93. The van der Waals surface area contributed by atoms with Crippen molar-refractivity contribution >= 4 is 33.6 Å². The summed E-state index contributed by atoms with van der Waals surface area (Å²) >= 11 is 0. The third kappa shape index (κ3) is 4.05. The van der Waals surface area contributed by atoms with E-state index in [0.717, 1.165) is 26.6 Å². The average Bonchev–Trinajstić information content (AvgIpc) is 3.56. The van der Waals surface area contributed by atoms with Crippen molar-refractivity contribution in [2.45, 2.75) is 37.5 Å². The molecular weight excluding hydrogens is 511 g/mol. The van der Waals surface area contributed by atoms with E-state index in [9.17, 15) is 31.5 Å². The summed E-state index contributed by atoms with van der Waals surface area (Å²) < 4.78 is 70.2. The van der Waals surface area contributed by atoms with Crippen molar-refractivity contribution in [2.24, 2.45) is 0 Å². The fourth-order valence-electron chi connectivity index (χ4n) is 5.36. The number of H-pyrrole nitrogens is 1. The third-order valence-corrected chi connectivity index (χ3v) is 7.28. The summed E-state index contributed by atoms with van der Waals surface area (Å²) in [5, 5.41) is 11.9. The van der Waals surface area contributed by atoms with Gasteiger partial charge < -0.3 is 9.80 Å². The molecule has 198 valence electrons. The van der Waals surface area contributed by atoms with Crippen LogP contribution in [0.25, 0.3) is 21.8 Å². The molecule has 0 bridgehead atoms. The van der Waals surface area contributed by atoms with Gasteiger partial charge in [0, 0.05) is 48.6 Å². The number of hydrogen-bond acceptors (Lipinski definition) is 4. The van der Waals surface area contributed by atoms with Crippen LogP contribution < -0.4 is 0 Å². The minimum Gasteiger partial charge on any atom is -0.337 e. The van der Waals surface area contributed by atoms with E-state index < -0.39 is 42.2 Å². The molecular formula is C25H21F5N6O2. The van der Waals surface area contributed by atoms with Gasteiger partial charge in [-0.25, -0.2) is 8.78 Å². The molecule has 2 amide bonds. The molecule has 2 aromatic carbocycles. The molecule has 4 heterocycles. The lowest BCUT2D eigenvalue weighted by Crippen LogP contribution is -2.48. The molecule has 4 aromatic rings. The number of fused-ring (bicyclic) bond motifs is 2. The van der Waals surface area contributed by atoms with Crippen molar-refractivity contribution < 1.29 is 31.5 Å². The van der Waals surface area contributed by atoms with Crippen LogP contribution in [-0.2, 0) is 11.3 Å². The van der Waals surface area contributed by atoms with Crippen LogP contribution in [0.15, 0.2) is 36.5 Å². The normalized spacial score (nSPS) is 18.5. The maximum Gasteiger partial charge on any atom is 0.408 e. The summed E-state index contributed by atoms with van der Waals surface area (Å²) in [6.07, 6.45) is -2.94. The first kappa shape index (κ1) is 24.3. The Labute approximate surface area is 212 Å². The third-order valence-electron chi connectivity index (χ3n) is 7.28. The SMILES string of the molecule is O=C(c1ccc2[nH]ncc2c1)N1CC(c2nn(CC(=O)N3CCC[C@H]3C(F)(F)F)c3cc(F)cc(F)c23)C1. The average molecular weight is 532 g/mol. The first-order chi connectivity index (χ1) is 18.1. The van der Waals surface area contributed by atoms with Crippen LogP contribution in [0, 0.1) is 11.6 Å². The van der Waals surface area contributed by atoms with E-state index in [1.165, 1.54) is 0 Å². The Kier molecular flexibility index (Phi) is 5.61. The van der Waals surface area contributed by atoms with Crippen LogP contribution >= 0.6 is 0 Å². The van der Waals surface area contributed by atoms with Crippen LogP contribution in [0.3, 0.4) is 0 Å². The van der Waals surface area contributed by atoms with E-state index in [1.54, 1.807) is 29.3 Å². The van der Waals surface area contributed by atoms with Crippen molar-refractivity contribution in [2.75, 3.05) is 19.6 Å². The van der Waals surface area contributed by atoms with Crippen molar-refractivity contribution in [3.05, 3.63) is 59.4 Å². The molecule has 2 fully saturated rings. The zero-order chi connectivity index (χ0) is 26.8. The molecule has 2 aromatic heterocycles. The summed E-state index contributed by atoms with van der Waals surface area (Å²) in [6, 6.07) is 4.93. The second-order valence-electron chi connectivity index (χ2n) is 9.69. The highest BCUT2D eigenvalue weighted by molar-refractivity contribution is 5.98. The Morgan fingerprint density at radius 3 is 2.66 bits per heavy atom. The van der Waals surface area contributed by atoms with E-state index in [4.69, 9.17) is 0 Å². The van der Waals surface area contributed by atoms with E-state index in [1.807, 2.05) is 0 Å². The van der Waals surface area contributed by atoms with Crippen molar-refractivity contribution in [3.63, 3.8) is 0 Å². The van der Waals surface area contributed by atoms with Gasteiger partial charge in [-0.3, -0.25) is 19.4 Å². The zero-order valence-electron chi connectivity index (χ0n) is 19.8. The van der Waals surface area contributed by atoms with E-state index in [2.05, 4.69) is 15.3 Å². The predicted octanol–water partition coefficient (Wildman–Crippen LogP) is 3.98. The zero-order valence-corrected chi connectivity index (χ0v) is 19.8. The standard InChI is InChI=1S/C25H21F5N6O2/c26-16-7-17(27)22-19(8-16)36(12-21(37)35-5-1-2-20(35)25(28,29)30)33-23(22)15-10-34(11-15)24(38)13-3-4-18-14(6-13)9-31-32-18/h3-4,6-9,15,20H,1-2,5,10-12H2,(H,31,32)/t20-/m0/s1. The predicted molar refractivity (Wildman–Crippen MR) is 125 cm³/mol. The molecule has 0 spiro atoms. The summed E-state index contributed by atoms with van der Waals surface area (Å²) in [6.45, 7) is -0.225. The van der Waals surface area contributed by atoms with Crippen LogP contribution in [0.2, 0.25) is 0 Å². The van der Waals surface area contributed by atoms with Gasteiger partial charge in [-0.15, -0.1) is 0 Å². The maximum atomic E-state index is 14.9. The van der Waals surface area contributed by atoms with Crippen LogP contribution in [0.5, 0.6) is 0 Å². The van der Waals surface area contributed by atoms with Crippen LogP contribution in [0.4, 0.5) is 22.0 Å². The van der Waals surface area contributed by atoms with Crippen LogP contribution in [0.1, 0.15) is 34.8 Å². The summed E-state index contributed by atoms with van der Waals surface area (Å²) in [4.78, 5) is 28.1. The highest BCUT2D eigenvalue weighted by Crippen LogP contribution is 2.36. The molecule has 2 aliphatic heterocycles. The number of aromatic amines is 1. The number of rotatable bonds is 4. The second kappa shape index (κ2) is 8.77. The van der Waals surface area contributed by atoms with Gasteiger partial charge in [0.15, 0.2) is 0 Å². The Balaban J connectivity index is 1.25. The number of hydrogen-bond donors (Lipinski definition) is 1. The Hall–Kier alpha value is -4.03. The molecule has 38 heavy (non-hydrogen) atoms. The van der Waals surface area contributed by atoms with Gasteiger partial charge in [0.1, 0.15) is 24.2 Å². The van der Waals surface area contributed by atoms with Gasteiger partial charge in [-0.2, -0.15) is 23.4 Å².